The molecule has 0 saturated carbocycles. The van der Waals surface area contributed by atoms with Crippen LogP contribution in [0.1, 0.15) is 38.5 Å². The first-order valence-electron chi connectivity index (χ1n) is 6.97. The molecule has 2 fully saturated rings. The SMILES string of the molecule is OC(CN1CCCCC1)C1CCCNCC1. The molecule has 94 valence electrons. The summed E-state index contributed by atoms with van der Waals surface area (Å²) in [6.45, 7) is 5.52. The van der Waals surface area contributed by atoms with E-state index in [9.17, 15) is 5.11 Å². The van der Waals surface area contributed by atoms with Gasteiger partial charge in [0, 0.05) is 6.54 Å². The minimum absolute atomic E-state index is 0.0991. The van der Waals surface area contributed by atoms with Gasteiger partial charge in [0.25, 0.3) is 0 Å². The number of likely N-dealkylation sites (tertiary alicyclic amines) is 1. The maximum atomic E-state index is 10.3. The van der Waals surface area contributed by atoms with Crippen LogP contribution in [0.4, 0.5) is 0 Å². The van der Waals surface area contributed by atoms with Crippen molar-refractivity contribution in [2.75, 3.05) is 32.7 Å². The first kappa shape index (κ1) is 12.3. The molecule has 2 aliphatic heterocycles. The number of hydrogen-bond donors (Lipinski definition) is 2. The standard InChI is InChI=1S/C13H26N2O/c16-13(11-15-9-2-1-3-10-15)12-5-4-7-14-8-6-12/h12-14,16H,1-11H2. The normalized spacial score (nSPS) is 30.9. The Bertz CT molecular complexity index is 184. The summed E-state index contributed by atoms with van der Waals surface area (Å²) in [6, 6.07) is 0. The average Bonchev–Trinajstić information content (AvgIpc) is 2.59. The van der Waals surface area contributed by atoms with E-state index in [1.54, 1.807) is 0 Å². The van der Waals surface area contributed by atoms with E-state index >= 15 is 0 Å². The summed E-state index contributed by atoms with van der Waals surface area (Å²) in [5.74, 6) is 0.525. The highest BCUT2D eigenvalue weighted by Crippen LogP contribution is 2.20. The zero-order valence-electron chi connectivity index (χ0n) is 10.3. The highest BCUT2D eigenvalue weighted by atomic mass is 16.3. The van der Waals surface area contributed by atoms with Gasteiger partial charge in [-0.3, -0.25) is 0 Å². The number of aliphatic hydroxyl groups is 1. The number of β-amino-alcohol motifs (C(OH)–C–C–N with tert-alkyl or cyclic N) is 1. The monoisotopic (exact) mass is 226 g/mol. The van der Waals surface area contributed by atoms with Crippen LogP contribution in [-0.2, 0) is 0 Å². The van der Waals surface area contributed by atoms with Crippen molar-refractivity contribution < 1.29 is 5.11 Å². The van der Waals surface area contributed by atoms with Gasteiger partial charge in [0.15, 0.2) is 0 Å². The van der Waals surface area contributed by atoms with Gasteiger partial charge in [0.05, 0.1) is 6.10 Å². The number of nitrogens with one attached hydrogen (secondary N) is 1. The molecule has 2 unspecified atom stereocenters. The maximum absolute atomic E-state index is 10.3. The van der Waals surface area contributed by atoms with Crippen molar-refractivity contribution >= 4 is 0 Å². The van der Waals surface area contributed by atoms with Crippen molar-refractivity contribution in [2.24, 2.45) is 5.92 Å². The fourth-order valence-corrected chi connectivity index (χ4v) is 2.99. The van der Waals surface area contributed by atoms with Crippen molar-refractivity contribution in [3.8, 4) is 0 Å². The lowest BCUT2D eigenvalue weighted by Gasteiger charge is -2.31. The van der Waals surface area contributed by atoms with E-state index in [-0.39, 0.29) is 6.10 Å². The summed E-state index contributed by atoms with van der Waals surface area (Å²) in [4.78, 5) is 2.45. The Balaban J connectivity index is 1.74. The number of rotatable bonds is 3. The Kier molecular flexibility index (Phi) is 5.07. The maximum Gasteiger partial charge on any atom is 0.0695 e. The molecular formula is C13H26N2O. The minimum Gasteiger partial charge on any atom is -0.392 e. The third-order valence-corrected chi connectivity index (χ3v) is 4.06. The highest BCUT2D eigenvalue weighted by molar-refractivity contribution is 4.77. The van der Waals surface area contributed by atoms with Crippen LogP contribution in [0.5, 0.6) is 0 Å². The van der Waals surface area contributed by atoms with Crippen molar-refractivity contribution in [2.45, 2.75) is 44.6 Å². The Labute approximate surface area is 99.2 Å². The molecule has 0 aromatic carbocycles. The van der Waals surface area contributed by atoms with Gasteiger partial charge in [-0.15, -0.1) is 0 Å². The number of nitrogens with zero attached hydrogens (tertiary/aromatic N) is 1. The van der Waals surface area contributed by atoms with E-state index in [1.807, 2.05) is 0 Å². The first-order valence-corrected chi connectivity index (χ1v) is 6.97. The Morgan fingerprint density at radius 3 is 2.69 bits per heavy atom. The minimum atomic E-state index is -0.0991. The van der Waals surface area contributed by atoms with E-state index in [0.717, 1.165) is 26.1 Å². The van der Waals surface area contributed by atoms with Gasteiger partial charge in [-0.1, -0.05) is 6.42 Å². The Morgan fingerprint density at radius 2 is 1.88 bits per heavy atom. The molecule has 2 saturated heterocycles. The summed E-state index contributed by atoms with van der Waals surface area (Å²) in [5.41, 5.74) is 0. The second kappa shape index (κ2) is 6.58. The van der Waals surface area contributed by atoms with E-state index in [1.165, 1.54) is 45.2 Å². The van der Waals surface area contributed by atoms with Crippen LogP contribution >= 0.6 is 0 Å². The van der Waals surface area contributed by atoms with Crippen LogP contribution < -0.4 is 5.32 Å². The molecule has 0 spiro atoms. The summed E-state index contributed by atoms with van der Waals surface area (Å²) < 4.78 is 0. The molecule has 2 rings (SSSR count). The van der Waals surface area contributed by atoms with Gasteiger partial charge in [0.2, 0.25) is 0 Å². The van der Waals surface area contributed by atoms with Crippen molar-refractivity contribution in [3.05, 3.63) is 0 Å². The number of hydrogen-bond acceptors (Lipinski definition) is 3. The third kappa shape index (κ3) is 3.72. The Morgan fingerprint density at radius 1 is 1.06 bits per heavy atom. The predicted molar refractivity (Wildman–Crippen MR) is 66.5 cm³/mol. The molecular weight excluding hydrogens is 200 g/mol. The number of piperidine rings is 1. The second-order valence-corrected chi connectivity index (χ2v) is 5.37. The average molecular weight is 226 g/mol. The molecule has 0 aromatic heterocycles. The van der Waals surface area contributed by atoms with E-state index in [2.05, 4.69) is 10.2 Å². The molecule has 0 amide bonds. The molecule has 2 heterocycles. The molecule has 3 heteroatoms. The van der Waals surface area contributed by atoms with E-state index < -0.39 is 0 Å². The first-order chi connectivity index (χ1) is 7.86. The van der Waals surface area contributed by atoms with Gasteiger partial charge >= 0.3 is 0 Å². The molecule has 2 aliphatic rings. The number of aliphatic hydroxyl groups excluding tert-OH is 1. The highest BCUT2D eigenvalue weighted by Gasteiger charge is 2.23. The van der Waals surface area contributed by atoms with Crippen LogP contribution in [0.15, 0.2) is 0 Å². The van der Waals surface area contributed by atoms with E-state index in [0.29, 0.717) is 5.92 Å². The van der Waals surface area contributed by atoms with E-state index in [4.69, 9.17) is 0 Å². The quantitative estimate of drug-likeness (QED) is 0.759. The zero-order chi connectivity index (χ0) is 11.2. The van der Waals surface area contributed by atoms with Gasteiger partial charge in [-0.2, -0.15) is 0 Å². The van der Waals surface area contributed by atoms with Gasteiger partial charge in [0.1, 0.15) is 0 Å². The lowest BCUT2D eigenvalue weighted by atomic mass is 9.93. The fourth-order valence-electron chi connectivity index (χ4n) is 2.99. The van der Waals surface area contributed by atoms with Crippen LogP contribution in [-0.4, -0.2) is 48.8 Å². The summed E-state index contributed by atoms with van der Waals surface area (Å²) in [7, 11) is 0. The Hall–Kier alpha value is -0.120. The van der Waals surface area contributed by atoms with Crippen LogP contribution in [0, 0.1) is 5.92 Å². The molecule has 0 radical (unpaired) electrons. The molecule has 16 heavy (non-hydrogen) atoms. The predicted octanol–water partition coefficient (Wildman–Crippen LogP) is 1.22. The van der Waals surface area contributed by atoms with Crippen molar-refractivity contribution in [1.82, 2.24) is 10.2 Å². The molecule has 0 aromatic rings. The third-order valence-electron chi connectivity index (χ3n) is 4.06. The molecule has 2 N–H and O–H groups in total. The molecule has 2 atom stereocenters. The second-order valence-electron chi connectivity index (χ2n) is 5.37. The largest absolute Gasteiger partial charge is 0.392 e. The van der Waals surface area contributed by atoms with Crippen molar-refractivity contribution in [3.63, 3.8) is 0 Å². The lowest BCUT2D eigenvalue weighted by molar-refractivity contribution is 0.0518. The smallest absolute Gasteiger partial charge is 0.0695 e. The van der Waals surface area contributed by atoms with Gasteiger partial charge in [-0.05, 0) is 64.2 Å². The summed E-state index contributed by atoms with van der Waals surface area (Å²) >= 11 is 0. The summed E-state index contributed by atoms with van der Waals surface area (Å²) in [6.07, 6.45) is 7.48. The topological polar surface area (TPSA) is 35.5 Å². The van der Waals surface area contributed by atoms with Crippen LogP contribution in [0.3, 0.4) is 0 Å². The fraction of sp³-hybridized carbons (Fsp3) is 1.00. The van der Waals surface area contributed by atoms with Crippen LogP contribution in [0.25, 0.3) is 0 Å². The molecule has 3 nitrogen and oxygen atoms in total. The summed E-state index contributed by atoms with van der Waals surface area (Å²) in [5, 5.41) is 13.7. The van der Waals surface area contributed by atoms with Crippen molar-refractivity contribution in [1.29, 1.82) is 0 Å². The van der Waals surface area contributed by atoms with Gasteiger partial charge in [-0.25, -0.2) is 0 Å². The molecule has 0 bridgehead atoms. The molecule has 0 aliphatic carbocycles. The van der Waals surface area contributed by atoms with Gasteiger partial charge < -0.3 is 15.3 Å². The zero-order valence-corrected chi connectivity index (χ0v) is 10.3. The van der Waals surface area contributed by atoms with Crippen LogP contribution in [0.2, 0.25) is 0 Å². The lowest BCUT2D eigenvalue weighted by Crippen LogP contribution is -2.39.